The van der Waals surface area contributed by atoms with Crippen LogP contribution in [0.4, 0.5) is 10.1 Å². The molecule has 0 saturated heterocycles. The summed E-state index contributed by atoms with van der Waals surface area (Å²) in [6, 6.07) is 3.92. The predicted molar refractivity (Wildman–Crippen MR) is 75.5 cm³/mol. The molecule has 0 aromatic heterocycles. The molecule has 1 aromatic carbocycles. The second-order valence-corrected chi connectivity index (χ2v) is 6.25. The molecule has 2 aliphatic rings. The van der Waals surface area contributed by atoms with Gasteiger partial charge in [-0.2, -0.15) is 0 Å². The number of fused-ring (bicyclic) bond motifs is 2. The van der Waals surface area contributed by atoms with Gasteiger partial charge in [0.2, 0.25) is 5.91 Å². The van der Waals surface area contributed by atoms with Crippen molar-refractivity contribution in [3.05, 3.63) is 29.0 Å². The van der Waals surface area contributed by atoms with Gasteiger partial charge in [-0.3, -0.25) is 9.59 Å². The summed E-state index contributed by atoms with van der Waals surface area (Å²) in [5.41, 5.74) is 0.387. The fourth-order valence-corrected chi connectivity index (χ4v) is 4.00. The molecule has 3 rings (SSSR count). The summed E-state index contributed by atoms with van der Waals surface area (Å²) < 4.78 is 13.1. The van der Waals surface area contributed by atoms with Gasteiger partial charge >= 0.3 is 5.97 Å². The molecule has 0 spiro atoms. The number of rotatable bonds is 3. The van der Waals surface area contributed by atoms with Gasteiger partial charge in [-0.25, -0.2) is 4.39 Å². The van der Waals surface area contributed by atoms with Gasteiger partial charge in [-0.15, -0.1) is 0 Å². The molecule has 2 N–H and O–H groups in total. The van der Waals surface area contributed by atoms with Gasteiger partial charge in [0, 0.05) is 5.69 Å². The molecule has 2 saturated carbocycles. The number of hydrogen-bond donors (Lipinski definition) is 2. The van der Waals surface area contributed by atoms with E-state index in [9.17, 15) is 19.1 Å². The van der Waals surface area contributed by atoms with Crippen LogP contribution in [0.15, 0.2) is 18.2 Å². The van der Waals surface area contributed by atoms with Gasteiger partial charge in [0.25, 0.3) is 0 Å². The third-order valence-corrected chi connectivity index (χ3v) is 4.98. The number of hydrogen-bond acceptors (Lipinski definition) is 2. The molecule has 2 aliphatic carbocycles. The summed E-state index contributed by atoms with van der Waals surface area (Å²) in [5.74, 6) is -2.66. The Bertz CT molecular complexity index is 607. The van der Waals surface area contributed by atoms with Gasteiger partial charge in [0.1, 0.15) is 5.82 Å². The first-order valence-electron chi connectivity index (χ1n) is 6.96. The number of carboxylic acids is 1. The Hall–Kier alpha value is -1.62. The topological polar surface area (TPSA) is 66.4 Å². The Labute approximate surface area is 126 Å². The van der Waals surface area contributed by atoms with E-state index in [1.54, 1.807) is 0 Å². The van der Waals surface area contributed by atoms with Crippen molar-refractivity contribution in [2.45, 2.75) is 19.3 Å². The van der Waals surface area contributed by atoms with Crippen LogP contribution in [-0.4, -0.2) is 17.0 Å². The van der Waals surface area contributed by atoms with Crippen LogP contribution in [0.2, 0.25) is 5.02 Å². The molecule has 0 radical (unpaired) electrons. The van der Waals surface area contributed by atoms with Crippen molar-refractivity contribution in [2.24, 2.45) is 23.7 Å². The highest BCUT2D eigenvalue weighted by atomic mass is 35.5. The molecule has 0 aliphatic heterocycles. The molecule has 21 heavy (non-hydrogen) atoms. The second kappa shape index (κ2) is 5.30. The molecular formula is C15H15ClFNO3. The van der Waals surface area contributed by atoms with E-state index in [1.807, 2.05) is 0 Å². The van der Waals surface area contributed by atoms with Crippen molar-refractivity contribution in [2.75, 3.05) is 5.32 Å². The number of benzene rings is 1. The maximum absolute atomic E-state index is 13.1. The lowest BCUT2D eigenvalue weighted by molar-refractivity contribution is -0.148. The van der Waals surface area contributed by atoms with Crippen LogP contribution < -0.4 is 5.32 Å². The smallest absolute Gasteiger partial charge is 0.307 e. The third kappa shape index (κ3) is 2.50. The number of carbonyl (C=O) groups is 2. The minimum atomic E-state index is -0.903. The molecular weight excluding hydrogens is 297 g/mol. The first-order chi connectivity index (χ1) is 9.97. The van der Waals surface area contributed by atoms with E-state index in [4.69, 9.17) is 11.6 Å². The van der Waals surface area contributed by atoms with E-state index in [1.165, 1.54) is 18.2 Å². The van der Waals surface area contributed by atoms with Crippen LogP contribution in [0.5, 0.6) is 0 Å². The van der Waals surface area contributed by atoms with Crippen molar-refractivity contribution in [1.82, 2.24) is 0 Å². The quantitative estimate of drug-likeness (QED) is 0.901. The summed E-state index contributed by atoms with van der Waals surface area (Å²) in [4.78, 5) is 23.8. The van der Waals surface area contributed by atoms with E-state index in [0.717, 1.165) is 19.3 Å². The Morgan fingerprint density at radius 1 is 1.24 bits per heavy atom. The zero-order valence-electron chi connectivity index (χ0n) is 11.2. The number of amides is 1. The number of carbonyl (C=O) groups excluding carboxylic acids is 1. The molecule has 4 atom stereocenters. The van der Waals surface area contributed by atoms with Gasteiger partial charge in [-0.1, -0.05) is 11.6 Å². The lowest BCUT2D eigenvalue weighted by Gasteiger charge is -2.27. The van der Waals surface area contributed by atoms with E-state index in [2.05, 4.69) is 5.32 Å². The van der Waals surface area contributed by atoms with Crippen molar-refractivity contribution in [1.29, 1.82) is 0 Å². The first-order valence-corrected chi connectivity index (χ1v) is 7.34. The lowest BCUT2D eigenvalue weighted by Crippen LogP contribution is -2.37. The fraction of sp³-hybridized carbons (Fsp3) is 0.467. The Morgan fingerprint density at radius 2 is 1.90 bits per heavy atom. The van der Waals surface area contributed by atoms with Gasteiger partial charge < -0.3 is 10.4 Å². The van der Waals surface area contributed by atoms with Crippen molar-refractivity contribution >= 4 is 29.2 Å². The van der Waals surface area contributed by atoms with E-state index >= 15 is 0 Å². The Balaban J connectivity index is 1.78. The average Bonchev–Trinajstić information content (AvgIpc) is 3.03. The molecule has 4 nitrogen and oxygen atoms in total. The minimum absolute atomic E-state index is 0.0736. The maximum atomic E-state index is 13.1. The van der Waals surface area contributed by atoms with Crippen LogP contribution in [0.3, 0.4) is 0 Å². The molecule has 112 valence electrons. The highest BCUT2D eigenvalue weighted by molar-refractivity contribution is 6.31. The van der Waals surface area contributed by atoms with Crippen LogP contribution in [0.25, 0.3) is 0 Å². The number of carboxylic acid groups (broad SMARTS) is 1. The largest absolute Gasteiger partial charge is 0.481 e. The van der Waals surface area contributed by atoms with E-state index in [-0.39, 0.29) is 22.8 Å². The molecule has 1 aromatic rings. The molecule has 0 heterocycles. The van der Waals surface area contributed by atoms with Gasteiger partial charge in [-0.05, 0) is 49.3 Å². The first kappa shape index (κ1) is 14.3. The summed E-state index contributed by atoms with van der Waals surface area (Å²) >= 11 is 5.68. The Morgan fingerprint density at radius 3 is 2.52 bits per heavy atom. The van der Waals surface area contributed by atoms with Crippen LogP contribution in [0.1, 0.15) is 19.3 Å². The van der Waals surface area contributed by atoms with Crippen molar-refractivity contribution < 1.29 is 19.1 Å². The van der Waals surface area contributed by atoms with E-state index < -0.39 is 23.6 Å². The monoisotopic (exact) mass is 311 g/mol. The predicted octanol–water partition coefficient (Wildman–Crippen LogP) is 3.16. The molecule has 2 bridgehead atoms. The van der Waals surface area contributed by atoms with E-state index in [0.29, 0.717) is 5.69 Å². The summed E-state index contributed by atoms with van der Waals surface area (Å²) in [6.45, 7) is 0. The van der Waals surface area contributed by atoms with Gasteiger partial charge in [0.05, 0.1) is 16.9 Å². The minimum Gasteiger partial charge on any atom is -0.481 e. The normalized spacial score (nSPS) is 30.4. The lowest BCUT2D eigenvalue weighted by atomic mass is 9.78. The van der Waals surface area contributed by atoms with Crippen molar-refractivity contribution in [3.63, 3.8) is 0 Å². The summed E-state index contributed by atoms with van der Waals surface area (Å²) in [6.07, 6.45) is 2.59. The maximum Gasteiger partial charge on any atom is 0.307 e. The van der Waals surface area contributed by atoms with Crippen LogP contribution in [0, 0.1) is 29.5 Å². The molecule has 0 unspecified atom stereocenters. The highest BCUT2D eigenvalue weighted by Gasteiger charge is 2.53. The average molecular weight is 312 g/mol. The SMILES string of the molecule is O=C(O)[C@@H]1[C@@H]2CC[C@@H](C2)[C@H]1C(=O)Nc1ccc(F)c(Cl)c1. The van der Waals surface area contributed by atoms with Crippen LogP contribution in [-0.2, 0) is 9.59 Å². The standard InChI is InChI=1S/C15H15ClFNO3/c16-10-6-9(3-4-11(10)17)18-14(19)12-7-1-2-8(5-7)13(12)15(20)21/h3-4,6-8,12-13H,1-2,5H2,(H,18,19)(H,20,21)/t7-,8+,12+,13+/m0/s1. The number of nitrogens with one attached hydrogen (secondary N) is 1. The van der Waals surface area contributed by atoms with Gasteiger partial charge in [0.15, 0.2) is 0 Å². The van der Waals surface area contributed by atoms with Crippen molar-refractivity contribution in [3.8, 4) is 0 Å². The summed E-state index contributed by atoms with van der Waals surface area (Å²) in [7, 11) is 0. The number of anilines is 1. The molecule has 6 heteroatoms. The third-order valence-electron chi connectivity index (χ3n) is 4.69. The molecule has 1 amide bonds. The number of aliphatic carboxylic acids is 1. The highest BCUT2D eigenvalue weighted by Crippen LogP contribution is 2.52. The second-order valence-electron chi connectivity index (χ2n) is 5.84. The molecule has 2 fully saturated rings. The number of halogens is 2. The zero-order valence-corrected chi connectivity index (χ0v) is 11.9. The fourth-order valence-electron chi connectivity index (χ4n) is 3.82. The Kier molecular flexibility index (Phi) is 3.61. The summed E-state index contributed by atoms with van der Waals surface area (Å²) in [5, 5.41) is 11.9. The zero-order chi connectivity index (χ0) is 15.1. The van der Waals surface area contributed by atoms with Crippen LogP contribution >= 0.6 is 11.6 Å².